The number of aliphatic hydroxyl groups is 1. The molecule has 1 N–H and O–H groups in total. The van der Waals surface area contributed by atoms with Gasteiger partial charge in [-0.3, -0.25) is 0 Å². The van der Waals surface area contributed by atoms with Crippen LogP contribution in [0.5, 0.6) is 5.75 Å². The van der Waals surface area contributed by atoms with Crippen molar-refractivity contribution in [3.63, 3.8) is 0 Å². The summed E-state index contributed by atoms with van der Waals surface area (Å²) >= 11 is 0. The maximum Gasteiger partial charge on any atom is 0.165 e. The molecule has 1 aromatic carbocycles. The zero-order valence-corrected chi connectivity index (χ0v) is 9.50. The van der Waals surface area contributed by atoms with Crippen LogP contribution in [-0.4, -0.2) is 37.8 Å². The quantitative estimate of drug-likeness (QED) is 0.853. The summed E-state index contributed by atoms with van der Waals surface area (Å²) < 4.78 is 31.7. The molecule has 16 heavy (non-hydrogen) atoms. The SMILES string of the molecule is COc1cc(F)c(C(CO)N(C)C)cc1F. The lowest BCUT2D eigenvalue weighted by molar-refractivity contribution is 0.167. The third-order valence-electron chi connectivity index (χ3n) is 2.43. The zero-order valence-electron chi connectivity index (χ0n) is 9.50. The van der Waals surface area contributed by atoms with Gasteiger partial charge in [0.15, 0.2) is 11.6 Å². The molecule has 5 heteroatoms. The number of halogens is 2. The summed E-state index contributed by atoms with van der Waals surface area (Å²) in [4.78, 5) is 1.62. The molecule has 0 aliphatic rings. The highest BCUT2D eigenvalue weighted by Gasteiger charge is 2.20. The molecule has 1 rings (SSSR count). The first-order chi connectivity index (χ1) is 7.51. The minimum absolute atomic E-state index is 0.116. The molecular formula is C11H15F2NO2. The van der Waals surface area contributed by atoms with Crippen LogP contribution in [0.25, 0.3) is 0 Å². The van der Waals surface area contributed by atoms with Crippen molar-refractivity contribution in [1.82, 2.24) is 4.90 Å². The van der Waals surface area contributed by atoms with E-state index in [9.17, 15) is 8.78 Å². The second-order valence-electron chi connectivity index (χ2n) is 3.67. The number of ether oxygens (including phenoxy) is 1. The number of benzene rings is 1. The Morgan fingerprint density at radius 2 is 1.94 bits per heavy atom. The van der Waals surface area contributed by atoms with Crippen LogP contribution in [0.4, 0.5) is 8.78 Å². The van der Waals surface area contributed by atoms with Gasteiger partial charge in [0.05, 0.1) is 19.8 Å². The second-order valence-corrected chi connectivity index (χ2v) is 3.67. The molecule has 0 radical (unpaired) electrons. The van der Waals surface area contributed by atoms with E-state index in [-0.39, 0.29) is 17.9 Å². The van der Waals surface area contributed by atoms with Crippen LogP contribution in [0, 0.1) is 11.6 Å². The third-order valence-corrected chi connectivity index (χ3v) is 2.43. The van der Waals surface area contributed by atoms with Crippen LogP contribution < -0.4 is 4.74 Å². The van der Waals surface area contributed by atoms with E-state index in [0.29, 0.717) is 0 Å². The molecule has 3 nitrogen and oxygen atoms in total. The van der Waals surface area contributed by atoms with Gasteiger partial charge in [-0.15, -0.1) is 0 Å². The van der Waals surface area contributed by atoms with Gasteiger partial charge in [-0.1, -0.05) is 0 Å². The zero-order chi connectivity index (χ0) is 12.3. The monoisotopic (exact) mass is 231 g/mol. The van der Waals surface area contributed by atoms with Gasteiger partial charge in [0.25, 0.3) is 0 Å². The van der Waals surface area contributed by atoms with Gasteiger partial charge in [0.1, 0.15) is 5.82 Å². The Hall–Kier alpha value is -1.20. The molecule has 0 bridgehead atoms. The summed E-state index contributed by atoms with van der Waals surface area (Å²) in [6, 6.07) is 1.46. The van der Waals surface area contributed by atoms with Crippen LogP contribution in [0.15, 0.2) is 12.1 Å². The highest BCUT2D eigenvalue weighted by atomic mass is 19.1. The van der Waals surface area contributed by atoms with E-state index in [1.54, 1.807) is 19.0 Å². The largest absolute Gasteiger partial charge is 0.494 e. The Labute approximate surface area is 93.3 Å². The van der Waals surface area contributed by atoms with Gasteiger partial charge < -0.3 is 14.7 Å². The van der Waals surface area contributed by atoms with Gasteiger partial charge in [0.2, 0.25) is 0 Å². The lowest BCUT2D eigenvalue weighted by atomic mass is 10.1. The van der Waals surface area contributed by atoms with Crippen molar-refractivity contribution in [1.29, 1.82) is 0 Å². The molecule has 1 unspecified atom stereocenters. The molecule has 0 aliphatic carbocycles. The smallest absolute Gasteiger partial charge is 0.165 e. The van der Waals surface area contributed by atoms with Gasteiger partial charge in [-0.2, -0.15) is 0 Å². The molecule has 1 atom stereocenters. The summed E-state index contributed by atoms with van der Waals surface area (Å²) in [5.74, 6) is -1.37. The maximum absolute atomic E-state index is 13.6. The number of rotatable bonds is 4. The summed E-state index contributed by atoms with van der Waals surface area (Å²) in [6.07, 6.45) is 0. The van der Waals surface area contributed by atoms with E-state index >= 15 is 0 Å². The van der Waals surface area contributed by atoms with Crippen molar-refractivity contribution in [3.05, 3.63) is 29.3 Å². The number of likely N-dealkylation sites (N-methyl/N-ethyl adjacent to an activating group) is 1. The Morgan fingerprint density at radius 1 is 1.31 bits per heavy atom. The Kier molecular flexibility index (Phi) is 4.20. The average Bonchev–Trinajstić information content (AvgIpc) is 2.23. The lowest BCUT2D eigenvalue weighted by Gasteiger charge is -2.23. The topological polar surface area (TPSA) is 32.7 Å². The van der Waals surface area contributed by atoms with Crippen LogP contribution in [0.2, 0.25) is 0 Å². The van der Waals surface area contributed by atoms with Gasteiger partial charge in [-0.25, -0.2) is 8.78 Å². The number of hydrogen-bond donors (Lipinski definition) is 1. The average molecular weight is 231 g/mol. The van der Waals surface area contributed by atoms with Crippen LogP contribution in [0.3, 0.4) is 0 Å². The van der Waals surface area contributed by atoms with E-state index in [1.807, 2.05) is 0 Å². The lowest BCUT2D eigenvalue weighted by Crippen LogP contribution is -2.24. The first-order valence-electron chi connectivity index (χ1n) is 4.81. The Bertz CT molecular complexity index is 369. The molecule has 1 aromatic rings. The number of aliphatic hydroxyl groups excluding tert-OH is 1. The van der Waals surface area contributed by atoms with Crippen molar-refractivity contribution in [2.75, 3.05) is 27.8 Å². The predicted octanol–water partition coefficient (Wildman–Crippen LogP) is 1.57. The Balaban J connectivity index is 3.18. The van der Waals surface area contributed by atoms with Crippen molar-refractivity contribution < 1.29 is 18.6 Å². The van der Waals surface area contributed by atoms with E-state index < -0.39 is 17.7 Å². The number of hydrogen-bond acceptors (Lipinski definition) is 3. The summed E-state index contributed by atoms with van der Waals surface area (Å²) in [7, 11) is 4.64. The van der Waals surface area contributed by atoms with Crippen LogP contribution in [-0.2, 0) is 0 Å². The molecule has 0 saturated carbocycles. The molecular weight excluding hydrogens is 216 g/mol. The fourth-order valence-electron chi connectivity index (χ4n) is 1.50. The second kappa shape index (κ2) is 5.23. The van der Waals surface area contributed by atoms with Gasteiger partial charge >= 0.3 is 0 Å². The molecule has 90 valence electrons. The molecule has 0 spiro atoms. The van der Waals surface area contributed by atoms with Crippen LogP contribution in [0.1, 0.15) is 11.6 Å². The van der Waals surface area contributed by atoms with Crippen molar-refractivity contribution in [3.8, 4) is 5.75 Å². The van der Waals surface area contributed by atoms with E-state index in [1.165, 1.54) is 7.11 Å². The maximum atomic E-state index is 13.6. The number of nitrogens with zero attached hydrogens (tertiary/aromatic N) is 1. The standard InChI is InChI=1S/C11H15F2NO2/c1-14(2)10(6-15)7-4-9(13)11(16-3)5-8(7)12/h4-5,10,15H,6H2,1-3H3. The molecule has 0 amide bonds. The van der Waals surface area contributed by atoms with Crippen LogP contribution >= 0.6 is 0 Å². The summed E-state index contributed by atoms with van der Waals surface area (Å²) in [6.45, 7) is -0.282. The Morgan fingerprint density at radius 3 is 2.38 bits per heavy atom. The van der Waals surface area contributed by atoms with E-state index in [2.05, 4.69) is 4.74 Å². The highest BCUT2D eigenvalue weighted by Crippen LogP contribution is 2.27. The van der Waals surface area contributed by atoms with Gasteiger partial charge in [0, 0.05) is 11.6 Å². The first-order valence-corrected chi connectivity index (χ1v) is 4.81. The predicted molar refractivity (Wildman–Crippen MR) is 56.4 cm³/mol. The van der Waals surface area contributed by atoms with E-state index in [4.69, 9.17) is 5.11 Å². The molecule has 0 fully saturated rings. The van der Waals surface area contributed by atoms with Crippen molar-refractivity contribution in [2.24, 2.45) is 0 Å². The van der Waals surface area contributed by atoms with E-state index in [0.717, 1.165) is 12.1 Å². The minimum Gasteiger partial charge on any atom is -0.494 e. The third kappa shape index (κ3) is 2.48. The molecule has 0 saturated heterocycles. The first kappa shape index (κ1) is 12.9. The summed E-state index contributed by atoms with van der Waals surface area (Å²) in [5.41, 5.74) is 0.116. The highest BCUT2D eigenvalue weighted by molar-refractivity contribution is 5.32. The number of methoxy groups -OCH3 is 1. The molecule has 0 aliphatic heterocycles. The molecule has 0 aromatic heterocycles. The summed E-state index contributed by atoms with van der Waals surface area (Å²) in [5, 5.41) is 9.13. The van der Waals surface area contributed by atoms with Crippen molar-refractivity contribution in [2.45, 2.75) is 6.04 Å². The van der Waals surface area contributed by atoms with Crippen molar-refractivity contribution >= 4 is 0 Å². The fraction of sp³-hybridized carbons (Fsp3) is 0.455. The normalized spacial score (nSPS) is 12.9. The van der Waals surface area contributed by atoms with Gasteiger partial charge in [-0.05, 0) is 20.2 Å². The molecule has 0 heterocycles. The minimum atomic E-state index is -0.640. The fourth-order valence-corrected chi connectivity index (χ4v) is 1.50.